The van der Waals surface area contributed by atoms with Crippen LogP contribution in [0.2, 0.25) is 10.0 Å². The monoisotopic (exact) mass is 385 g/mol. The number of nitrogens with one attached hydrogen (secondary N) is 1. The van der Waals surface area contributed by atoms with Crippen LogP contribution in [0.25, 0.3) is 0 Å². The zero-order valence-corrected chi connectivity index (χ0v) is 14.5. The first-order valence-corrected chi connectivity index (χ1v) is 8.21. The summed E-state index contributed by atoms with van der Waals surface area (Å²) in [5, 5.41) is 4.75. The maximum atomic E-state index is 6.19. The molecule has 0 bridgehead atoms. The highest BCUT2D eigenvalue weighted by Crippen LogP contribution is 2.42. The summed E-state index contributed by atoms with van der Waals surface area (Å²) >= 11 is 15.7. The van der Waals surface area contributed by atoms with Crippen LogP contribution in [0.15, 0.2) is 40.9 Å². The number of ether oxygens (including phenoxy) is 1. The molecule has 1 heterocycles. The van der Waals surface area contributed by atoms with E-state index in [1.165, 1.54) is 0 Å². The Hall–Kier alpha value is -0.740. The van der Waals surface area contributed by atoms with Gasteiger partial charge in [0, 0.05) is 27.5 Å². The van der Waals surface area contributed by atoms with E-state index in [2.05, 4.69) is 21.2 Å². The van der Waals surface area contributed by atoms with Crippen LogP contribution in [-0.2, 0) is 0 Å². The minimum absolute atomic E-state index is 0.0262. The molecule has 3 rings (SSSR count). The SMILES string of the molecule is CNC1CC(c2ccc(Br)c(Cl)c2)Oc2ccc(Cl)cc21. The zero-order chi connectivity index (χ0) is 15.0. The Morgan fingerprint density at radius 1 is 1.19 bits per heavy atom. The van der Waals surface area contributed by atoms with Gasteiger partial charge in [-0.15, -0.1) is 0 Å². The van der Waals surface area contributed by atoms with E-state index >= 15 is 0 Å². The molecule has 0 radical (unpaired) electrons. The van der Waals surface area contributed by atoms with Gasteiger partial charge < -0.3 is 10.1 Å². The number of hydrogen-bond acceptors (Lipinski definition) is 2. The molecular weight excluding hydrogens is 373 g/mol. The number of hydrogen-bond donors (Lipinski definition) is 1. The molecular formula is C16H14BrCl2NO. The lowest BCUT2D eigenvalue weighted by Gasteiger charge is -2.32. The molecule has 1 aliphatic heterocycles. The van der Waals surface area contributed by atoms with Crippen LogP contribution >= 0.6 is 39.1 Å². The van der Waals surface area contributed by atoms with E-state index in [1.807, 2.05) is 43.4 Å². The summed E-state index contributed by atoms with van der Waals surface area (Å²) in [4.78, 5) is 0. The predicted octanol–water partition coefficient (Wildman–Crippen LogP) is 5.54. The van der Waals surface area contributed by atoms with Crippen LogP contribution < -0.4 is 10.1 Å². The van der Waals surface area contributed by atoms with Gasteiger partial charge >= 0.3 is 0 Å². The largest absolute Gasteiger partial charge is 0.485 e. The molecule has 1 N–H and O–H groups in total. The molecule has 21 heavy (non-hydrogen) atoms. The van der Waals surface area contributed by atoms with Gasteiger partial charge in [-0.3, -0.25) is 0 Å². The number of rotatable bonds is 2. The van der Waals surface area contributed by atoms with E-state index in [9.17, 15) is 0 Å². The average molecular weight is 387 g/mol. The molecule has 2 aromatic carbocycles. The second-order valence-corrected chi connectivity index (χ2v) is 6.74. The fourth-order valence-corrected chi connectivity index (χ4v) is 3.25. The highest BCUT2D eigenvalue weighted by atomic mass is 79.9. The highest BCUT2D eigenvalue weighted by Gasteiger charge is 2.28. The standard InChI is InChI=1S/C16H14BrCl2NO/c1-20-14-8-16(9-2-4-12(17)13(19)6-9)21-15-5-3-10(18)7-11(14)15/h2-7,14,16,20H,8H2,1H3. The molecule has 1 aliphatic rings. The van der Waals surface area contributed by atoms with Crippen molar-refractivity contribution in [2.75, 3.05) is 7.05 Å². The second kappa shape index (κ2) is 6.17. The van der Waals surface area contributed by atoms with Crippen molar-refractivity contribution in [1.82, 2.24) is 5.32 Å². The number of halogens is 3. The summed E-state index contributed by atoms with van der Waals surface area (Å²) in [6.45, 7) is 0. The second-order valence-electron chi connectivity index (χ2n) is 5.04. The van der Waals surface area contributed by atoms with E-state index in [1.54, 1.807) is 0 Å². The third-order valence-corrected chi connectivity index (χ3v) is 5.20. The topological polar surface area (TPSA) is 21.3 Å². The maximum Gasteiger partial charge on any atom is 0.126 e. The molecule has 0 aromatic heterocycles. The van der Waals surface area contributed by atoms with E-state index in [0.29, 0.717) is 5.02 Å². The lowest BCUT2D eigenvalue weighted by molar-refractivity contribution is 0.154. The van der Waals surface area contributed by atoms with Gasteiger partial charge in [-0.1, -0.05) is 29.3 Å². The van der Waals surface area contributed by atoms with Gasteiger partial charge in [0.25, 0.3) is 0 Å². The summed E-state index contributed by atoms with van der Waals surface area (Å²) in [7, 11) is 1.95. The average Bonchev–Trinajstić information content (AvgIpc) is 2.49. The van der Waals surface area contributed by atoms with Crippen LogP contribution in [-0.4, -0.2) is 7.05 Å². The van der Waals surface area contributed by atoms with Crippen LogP contribution in [0.5, 0.6) is 5.75 Å². The summed E-state index contributed by atoms with van der Waals surface area (Å²) in [6, 6.07) is 11.9. The van der Waals surface area contributed by atoms with Crippen LogP contribution in [0, 0.1) is 0 Å². The van der Waals surface area contributed by atoms with Crippen molar-refractivity contribution in [3.05, 3.63) is 62.0 Å². The van der Waals surface area contributed by atoms with Crippen molar-refractivity contribution in [3.8, 4) is 5.75 Å². The zero-order valence-electron chi connectivity index (χ0n) is 11.4. The first-order chi connectivity index (χ1) is 10.1. The summed E-state index contributed by atoms with van der Waals surface area (Å²) < 4.78 is 7.02. The van der Waals surface area contributed by atoms with Crippen molar-refractivity contribution in [1.29, 1.82) is 0 Å². The quantitative estimate of drug-likeness (QED) is 0.731. The lowest BCUT2D eigenvalue weighted by Crippen LogP contribution is -2.26. The molecule has 2 atom stereocenters. The van der Waals surface area contributed by atoms with Gasteiger partial charge in [0.15, 0.2) is 0 Å². The van der Waals surface area contributed by atoms with Crippen molar-refractivity contribution in [2.24, 2.45) is 0 Å². The molecule has 2 aromatic rings. The summed E-state index contributed by atoms with van der Waals surface area (Å²) in [5.74, 6) is 0.869. The van der Waals surface area contributed by atoms with E-state index < -0.39 is 0 Å². The van der Waals surface area contributed by atoms with Gasteiger partial charge in [0.05, 0.1) is 5.02 Å². The molecule has 2 nitrogen and oxygen atoms in total. The van der Waals surface area contributed by atoms with Crippen molar-refractivity contribution >= 4 is 39.1 Å². The Kier molecular flexibility index (Phi) is 4.46. The van der Waals surface area contributed by atoms with Crippen molar-refractivity contribution in [3.63, 3.8) is 0 Å². The van der Waals surface area contributed by atoms with E-state index in [4.69, 9.17) is 27.9 Å². The molecule has 0 saturated heterocycles. The smallest absolute Gasteiger partial charge is 0.126 e. The Morgan fingerprint density at radius 3 is 2.71 bits per heavy atom. The normalized spacial score (nSPS) is 20.8. The number of fused-ring (bicyclic) bond motifs is 1. The minimum Gasteiger partial charge on any atom is -0.485 e. The minimum atomic E-state index is -0.0262. The van der Waals surface area contributed by atoms with E-state index in [0.717, 1.165) is 32.8 Å². The Bertz CT molecular complexity index is 677. The van der Waals surface area contributed by atoms with Gasteiger partial charge in [-0.05, 0) is 58.9 Å². The fraction of sp³-hybridized carbons (Fsp3) is 0.250. The summed E-state index contributed by atoms with van der Waals surface area (Å²) in [6.07, 6.45) is 0.809. The van der Waals surface area contributed by atoms with Crippen LogP contribution in [0.4, 0.5) is 0 Å². The van der Waals surface area contributed by atoms with Crippen LogP contribution in [0.1, 0.15) is 29.7 Å². The first kappa shape index (κ1) is 15.2. The Balaban J connectivity index is 1.96. The van der Waals surface area contributed by atoms with Crippen LogP contribution in [0.3, 0.4) is 0 Å². The third-order valence-electron chi connectivity index (χ3n) is 3.73. The Labute approximate surface area is 142 Å². The van der Waals surface area contributed by atoms with Gasteiger partial charge in [0.2, 0.25) is 0 Å². The lowest BCUT2D eigenvalue weighted by atomic mass is 9.93. The van der Waals surface area contributed by atoms with Gasteiger partial charge in [0.1, 0.15) is 11.9 Å². The van der Waals surface area contributed by atoms with Crippen molar-refractivity contribution < 1.29 is 4.74 Å². The summed E-state index contributed by atoms with van der Waals surface area (Å²) in [5.41, 5.74) is 2.17. The fourth-order valence-electron chi connectivity index (χ4n) is 2.63. The van der Waals surface area contributed by atoms with Gasteiger partial charge in [-0.2, -0.15) is 0 Å². The van der Waals surface area contributed by atoms with E-state index in [-0.39, 0.29) is 12.1 Å². The maximum absolute atomic E-state index is 6.19. The van der Waals surface area contributed by atoms with Crippen molar-refractivity contribution in [2.45, 2.75) is 18.6 Å². The number of benzene rings is 2. The molecule has 0 fully saturated rings. The molecule has 2 unspecified atom stereocenters. The molecule has 0 aliphatic carbocycles. The predicted molar refractivity (Wildman–Crippen MR) is 90.4 cm³/mol. The molecule has 110 valence electrons. The molecule has 0 spiro atoms. The third kappa shape index (κ3) is 3.07. The first-order valence-electron chi connectivity index (χ1n) is 6.67. The molecule has 5 heteroatoms. The Morgan fingerprint density at radius 2 is 2.00 bits per heavy atom. The highest BCUT2D eigenvalue weighted by molar-refractivity contribution is 9.10. The molecule has 0 saturated carbocycles. The molecule has 0 amide bonds. The van der Waals surface area contributed by atoms with Gasteiger partial charge in [-0.25, -0.2) is 0 Å².